The molecule has 0 aromatic heterocycles. The summed E-state index contributed by atoms with van der Waals surface area (Å²) in [7, 11) is 0. The Hall–Kier alpha value is -1.37. The second-order valence-electron chi connectivity index (χ2n) is 6.46. The first-order chi connectivity index (χ1) is 9.33. The van der Waals surface area contributed by atoms with Gasteiger partial charge in [-0.3, -0.25) is 4.79 Å². The third-order valence-electron chi connectivity index (χ3n) is 5.46. The summed E-state index contributed by atoms with van der Waals surface area (Å²) in [5.41, 5.74) is 2.94. The molecule has 0 heterocycles. The summed E-state index contributed by atoms with van der Waals surface area (Å²) in [5.74, 6) is 2.90. The highest BCUT2D eigenvalue weighted by Crippen LogP contribution is 2.56. The van der Waals surface area contributed by atoms with E-state index in [1.165, 1.54) is 18.4 Å². The van der Waals surface area contributed by atoms with Gasteiger partial charge in [0.25, 0.3) is 0 Å². The highest BCUT2D eigenvalue weighted by Gasteiger charge is 2.51. The molecule has 19 heavy (non-hydrogen) atoms. The van der Waals surface area contributed by atoms with Crippen LogP contribution in [0.1, 0.15) is 31.2 Å². The van der Waals surface area contributed by atoms with Crippen LogP contribution in [0, 0.1) is 23.7 Å². The molecule has 4 rings (SSSR count). The lowest BCUT2D eigenvalue weighted by molar-refractivity contribution is -0.127. The standard InChI is InChI=1S/C18H20O/c19-17-8-4-7-15-14-10-13(16(11-14)18(15)17)9-12-5-2-1-3-6-12/h1-3,5-6,10,14-16,18H,4,7-9,11H2/t14-,15+,16-,18-/m1/s1. The smallest absolute Gasteiger partial charge is 0.136 e. The molecule has 0 aliphatic heterocycles. The molecule has 98 valence electrons. The number of ketones is 1. The second kappa shape index (κ2) is 4.33. The van der Waals surface area contributed by atoms with Crippen molar-refractivity contribution in [1.82, 2.24) is 0 Å². The van der Waals surface area contributed by atoms with Gasteiger partial charge in [-0.25, -0.2) is 0 Å². The highest BCUT2D eigenvalue weighted by atomic mass is 16.1. The molecule has 0 N–H and O–H groups in total. The van der Waals surface area contributed by atoms with Crippen LogP contribution < -0.4 is 0 Å². The lowest BCUT2D eigenvalue weighted by atomic mass is 9.70. The molecule has 4 atom stereocenters. The average Bonchev–Trinajstić information content (AvgIpc) is 2.99. The van der Waals surface area contributed by atoms with Crippen molar-refractivity contribution in [3.63, 3.8) is 0 Å². The van der Waals surface area contributed by atoms with Gasteiger partial charge in [0.15, 0.2) is 0 Å². The van der Waals surface area contributed by atoms with Gasteiger partial charge in [-0.2, -0.15) is 0 Å². The van der Waals surface area contributed by atoms with Gasteiger partial charge in [0, 0.05) is 12.3 Å². The molecule has 0 unspecified atom stereocenters. The minimum Gasteiger partial charge on any atom is -0.299 e. The van der Waals surface area contributed by atoms with E-state index < -0.39 is 0 Å². The molecular weight excluding hydrogens is 232 g/mol. The number of benzene rings is 1. The summed E-state index contributed by atoms with van der Waals surface area (Å²) in [6.45, 7) is 0. The lowest BCUT2D eigenvalue weighted by Gasteiger charge is -2.33. The number of hydrogen-bond acceptors (Lipinski definition) is 1. The van der Waals surface area contributed by atoms with Gasteiger partial charge in [-0.15, -0.1) is 0 Å². The Morgan fingerprint density at radius 1 is 1.16 bits per heavy atom. The van der Waals surface area contributed by atoms with E-state index in [4.69, 9.17) is 0 Å². The maximum absolute atomic E-state index is 12.2. The normalized spacial score (nSPS) is 36.2. The van der Waals surface area contributed by atoms with Crippen molar-refractivity contribution in [2.75, 3.05) is 0 Å². The van der Waals surface area contributed by atoms with Gasteiger partial charge in [-0.1, -0.05) is 42.0 Å². The fraction of sp³-hybridized carbons (Fsp3) is 0.500. The third kappa shape index (κ3) is 1.79. The van der Waals surface area contributed by atoms with Crippen molar-refractivity contribution >= 4 is 5.78 Å². The van der Waals surface area contributed by atoms with Crippen LogP contribution in [0.4, 0.5) is 0 Å². The molecule has 2 bridgehead atoms. The van der Waals surface area contributed by atoms with Crippen molar-refractivity contribution in [2.45, 2.75) is 32.1 Å². The van der Waals surface area contributed by atoms with Gasteiger partial charge >= 0.3 is 0 Å². The van der Waals surface area contributed by atoms with Gasteiger partial charge in [-0.05, 0) is 49.0 Å². The zero-order valence-electron chi connectivity index (χ0n) is 11.2. The minimum atomic E-state index is 0.377. The van der Waals surface area contributed by atoms with Crippen LogP contribution in [-0.4, -0.2) is 5.78 Å². The predicted octanol–water partition coefficient (Wildman–Crippen LogP) is 3.79. The van der Waals surface area contributed by atoms with E-state index in [-0.39, 0.29) is 0 Å². The monoisotopic (exact) mass is 252 g/mol. The quantitative estimate of drug-likeness (QED) is 0.732. The maximum atomic E-state index is 12.2. The summed E-state index contributed by atoms with van der Waals surface area (Å²) in [4.78, 5) is 12.2. The van der Waals surface area contributed by atoms with Crippen LogP contribution in [0.3, 0.4) is 0 Å². The van der Waals surface area contributed by atoms with Gasteiger partial charge in [0.05, 0.1) is 0 Å². The molecule has 0 saturated heterocycles. The Morgan fingerprint density at radius 3 is 2.84 bits per heavy atom. The van der Waals surface area contributed by atoms with Crippen LogP contribution in [-0.2, 0) is 11.2 Å². The SMILES string of the molecule is O=C1CCC[C@@H]2[C@@H]1[C@@H]1C[C@H]2C=C1Cc1ccccc1. The third-order valence-corrected chi connectivity index (χ3v) is 5.46. The highest BCUT2D eigenvalue weighted by molar-refractivity contribution is 5.83. The van der Waals surface area contributed by atoms with Crippen molar-refractivity contribution in [3.8, 4) is 0 Å². The van der Waals surface area contributed by atoms with E-state index in [0.717, 1.165) is 19.3 Å². The fourth-order valence-electron chi connectivity index (χ4n) is 4.71. The molecule has 1 nitrogen and oxygen atoms in total. The van der Waals surface area contributed by atoms with Crippen molar-refractivity contribution in [1.29, 1.82) is 0 Å². The molecule has 0 radical (unpaired) electrons. The Morgan fingerprint density at radius 2 is 2.00 bits per heavy atom. The predicted molar refractivity (Wildman–Crippen MR) is 75.7 cm³/mol. The summed E-state index contributed by atoms with van der Waals surface area (Å²) in [6, 6.07) is 10.7. The zero-order chi connectivity index (χ0) is 12.8. The molecule has 2 saturated carbocycles. The molecule has 1 heteroatoms. The van der Waals surface area contributed by atoms with Crippen LogP contribution in [0.2, 0.25) is 0 Å². The summed E-state index contributed by atoms with van der Waals surface area (Å²) >= 11 is 0. The van der Waals surface area contributed by atoms with Crippen LogP contribution in [0.15, 0.2) is 42.0 Å². The largest absolute Gasteiger partial charge is 0.299 e. The minimum absolute atomic E-state index is 0.377. The summed E-state index contributed by atoms with van der Waals surface area (Å²) in [5, 5.41) is 0. The summed E-state index contributed by atoms with van der Waals surface area (Å²) in [6.07, 6.45) is 8.07. The molecular formula is C18H20O. The van der Waals surface area contributed by atoms with Gasteiger partial charge < -0.3 is 0 Å². The Bertz CT molecular complexity index is 528. The molecule has 3 aliphatic carbocycles. The molecule has 3 aliphatic rings. The number of fused-ring (bicyclic) bond motifs is 5. The zero-order valence-corrected chi connectivity index (χ0v) is 11.2. The number of carbonyl (C=O) groups is 1. The van der Waals surface area contributed by atoms with Crippen LogP contribution in [0.25, 0.3) is 0 Å². The van der Waals surface area contributed by atoms with Crippen molar-refractivity contribution < 1.29 is 4.79 Å². The topological polar surface area (TPSA) is 17.1 Å². The Balaban J connectivity index is 1.59. The van der Waals surface area contributed by atoms with E-state index in [9.17, 15) is 4.79 Å². The maximum Gasteiger partial charge on any atom is 0.136 e. The first kappa shape index (κ1) is 11.5. The molecule has 2 fully saturated rings. The first-order valence-electron chi connectivity index (χ1n) is 7.60. The Kier molecular flexibility index (Phi) is 2.61. The van der Waals surface area contributed by atoms with Crippen LogP contribution >= 0.6 is 0 Å². The number of allylic oxidation sites excluding steroid dienone is 2. The fourth-order valence-corrected chi connectivity index (χ4v) is 4.71. The van der Waals surface area contributed by atoms with Gasteiger partial charge in [0.2, 0.25) is 0 Å². The lowest BCUT2D eigenvalue weighted by Crippen LogP contribution is -2.33. The van der Waals surface area contributed by atoms with Gasteiger partial charge in [0.1, 0.15) is 5.78 Å². The van der Waals surface area contributed by atoms with Crippen LogP contribution in [0.5, 0.6) is 0 Å². The second-order valence-corrected chi connectivity index (χ2v) is 6.46. The van der Waals surface area contributed by atoms with E-state index >= 15 is 0 Å². The molecule has 0 spiro atoms. The van der Waals surface area contributed by atoms with E-state index in [0.29, 0.717) is 29.5 Å². The number of carbonyl (C=O) groups excluding carboxylic acids is 1. The van der Waals surface area contributed by atoms with E-state index in [1.54, 1.807) is 5.57 Å². The Labute approximate surface area is 114 Å². The number of hydrogen-bond donors (Lipinski definition) is 0. The van der Waals surface area contributed by atoms with E-state index in [2.05, 4.69) is 36.4 Å². The van der Waals surface area contributed by atoms with E-state index in [1.807, 2.05) is 0 Å². The molecule has 1 aromatic rings. The van der Waals surface area contributed by atoms with Crippen molar-refractivity contribution in [2.24, 2.45) is 23.7 Å². The van der Waals surface area contributed by atoms with Crippen molar-refractivity contribution in [3.05, 3.63) is 47.5 Å². The molecule has 1 aromatic carbocycles. The number of rotatable bonds is 2. The summed E-state index contributed by atoms with van der Waals surface area (Å²) < 4.78 is 0. The average molecular weight is 252 g/mol. The first-order valence-corrected chi connectivity index (χ1v) is 7.60. The number of Topliss-reactive ketones (excluding diaryl/α,β-unsaturated/α-hetero) is 1. The molecule has 0 amide bonds.